The fourth-order valence-corrected chi connectivity index (χ4v) is 7.80. The summed E-state index contributed by atoms with van der Waals surface area (Å²) in [7, 11) is 0. The first-order valence-corrected chi connectivity index (χ1v) is 17.4. The zero-order valence-electron chi connectivity index (χ0n) is 29.1. The average molecular weight is 634 g/mol. The van der Waals surface area contributed by atoms with Crippen LogP contribution in [-0.4, -0.2) is 16.3 Å². The van der Waals surface area contributed by atoms with Crippen LogP contribution >= 0.6 is 0 Å². The summed E-state index contributed by atoms with van der Waals surface area (Å²) in [5.41, 5.74) is 18.3. The molecule has 7 aromatic rings. The molecule has 3 heterocycles. The van der Waals surface area contributed by atoms with Gasteiger partial charge in [-0.25, -0.2) is 4.98 Å². The van der Waals surface area contributed by atoms with Crippen molar-refractivity contribution in [1.29, 1.82) is 0 Å². The molecule has 0 saturated carbocycles. The molecule has 0 fully saturated rings. The monoisotopic (exact) mass is 633 g/mol. The SMILES string of the molecule is CC(C)(C)c1ccc2c(c1)B1c3c(cc(C(C)(C)C)cc3-n3c1nc1cc(-c4ccccc4)ccc13)N2c1ccc(-c2ccccc2)cc1. The number of benzene rings is 6. The largest absolute Gasteiger partial charge is 0.311 e. The number of anilines is 3. The smallest absolute Gasteiger partial charge is 0.294 e. The van der Waals surface area contributed by atoms with Crippen LogP contribution in [0.2, 0.25) is 0 Å². The third kappa shape index (κ3) is 4.69. The van der Waals surface area contributed by atoms with Gasteiger partial charge in [0.15, 0.2) is 0 Å². The lowest BCUT2D eigenvalue weighted by Crippen LogP contribution is -2.56. The predicted molar refractivity (Wildman–Crippen MR) is 209 cm³/mol. The zero-order valence-corrected chi connectivity index (χ0v) is 29.1. The molecule has 6 aromatic carbocycles. The van der Waals surface area contributed by atoms with Crippen molar-refractivity contribution in [2.75, 3.05) is 4.90 Å². The van der Waals surface area contributed by atoms with Crippen molar-refractivity contribution in [3.05, 3.63) is 145 Å². The zero-order chi connectivity index (χ0) is 33.7. The molecule has 0 spiro atoms. The van der Waals surface area contributed by atoms with Gasteiger partial charge in [0.1, 0.15) is 0 Å². The van der Waals surface area contributed by atoms with Crippen LogP contribution < -0.4 is 21.5 Å². The summed E-state index contributed by atoms with van der Waals surface area (Å²) < 4.78 is 2.46. The molecule has 0 radical (unpaired) electrons. The van der Waals surface area contributed by atoms with Crippen LogP contribution in [0.4, 0.5) is 17.1 Å². The third-order valence-electron chi connectivity index (χ3n) is 10.5. The molecule has 0 atom stereocenters. The lowest BCUT2D eigenvalue weighted by molar-refractivity contribution is 0.590. The van der Waals surface area contributed by atoms with Crippen molar-refractivity contribution >= 4 is 51.5 Å². The Labute approximate surface area is 290 Å². The third-order valence-corrected chi connectivity index (χ3v) is 10.5. The van der Waals surface area contributed by atoms with Crippen LogP contribution in [-0.2, 0) is 10.8 Å². The van der Waals surface area contributed by atoms with Crippen molar-refractivity contribution in [3.63, 3.8) is 0 Å². The van der Waals surface area contributed by atoms with Gasteiger partial charge in [-0.15, -0.1) is 0 Å². The van der Waals surface area contributed by atoms with E-state index >= 15 is 0 Å². The second-order valence-corrected chi connectivity index (χ2v) is 15.8. The molecule has 2 aliphatic rings. The fraction of sp³-hybridized carbons (Fsp3) is 0.178. The standard InChI is InChI=1S/C45H40BN3/c1-44(2,3)33-20-24-38-36(26-33)46-42-40(48(38)35-21-17-31(18-22-35)29-13-9-7-10-14-29)27-34(45(4,5)6)28-41(42)49-39-23-19-32(25-37(39)47-43(46)49)30-15-11-8-12-16-30/h7-28H,1-6H3. The molecule has 2 aliphatic heterocycles. The van der Waals surface area contributed by atoms with E-state index in [0.717, 1.165) is 22.4 Å². The first-order valence-electron chi connectivity index (χ1n) is 17.4. The highest BCUT2D eigenvalue weighted by Crippen LogP contribution is 2.43. The minimum absolute atomic E-state index is 0.0136. The van der Waals surface area contributed by atoms with Gasteiger partial charge < -0.3 is 9.47 Å². The number of nitrogens with zero attached hydrogens (tertiary/aromatic N) is 3. The van der Waals surface area contributed by atoms with Crippen LogP contribution in [0.25, 0.3) is 39.0 Å². The number of rotatable bonds is 3. The van der Waals surface area contributed by atoms with Crippen molar-refractivity contribution in [1.82, 2.24) is 9.55 Å². The summed E-state index contributed by atoms with van der Waals surface area (Å²) in [5, 5.41) is 0. The van der Waals surface area contributed by atoms with Crippen LogP contribution in [0.5, 0.6) is 0 Å². The van der Waals surface area contributed by atoms with Crippen LogP contribution in [0.15, 0.2) is 133 Å². The fourth-order valence-electron chi connectivity index (χ4n) is 7.80. The van der Waals surface area contributed by atoms with E-state index in [1.807, 2.05) is 0 Å². The molecule has 3 nitrogen and oxygen atoms in total. The van der Waals surface area contributed by atoms with E-state index in [1.54, 1.807) is 0 Å². The Morgan fingerprint density at radius 2 is 1.10 bits per heavy atom. The highest BCUT2D eigenvalue weighted by atomic mass is 15.2. The van der Waals surface area contributed by atoms with Crippen molar-refractivity contribution in [3.8, 4) is 27.9 Å². The maximum absolute atomic E-state index is 5.49. The Kier molecular flexibility index (Phi) is 6.42. The first kappa shape index (κ1) is 29.8. The van der Waals surface area contributed by atoms with Crippen molar-refractivity contribution in [2.45, 2.75) is 52.4 Å². The molecule has 0 N–H and O–H groups in total. The minimum Gasteiger partial charge on any atom is -0.311 e. The highest BCUT2D eigenvalue weighted by Gasteiger charge is 2.46. The second kappa shape index (κ2) is 10.6. The Bertz CT molecular complexity index is 2390. The summed E-state index contributed by atoms with van der Waals surface area (Å²) in [6.45, 7) is 13.9. The molecule has 0 saturated heterocycles. The molecule has 4 heteroatoms. The van der Waals surface area contributed by atoms with Crippen molar-refractivity contribution < 1.29 is 0 Å². The van der Waals surface area contributed by atoms with Gasteiger partial charge in [-0.3, -0.25) is 0 Å². The highest BCUT2D eigenvalue weighted by molar-refractivity contribution is 6.99. The first-order chi connectivity index (χ1) is 23.6. The van der Waals surface area contributed by atoms with Gasteiger partial charge in [0.25, 0.3) is 6.71 Å². The summed E-state index contributed by atoms with van der Waals surface area (Å²) in [4.78, 5) is 7.99. The predicted octanol–water partition coefficient (Wildman–Crippen LogP) is 9.57. The summed E-state index contributed by atoms with van der Waals surface area (Å²) >= 11 is 0. The molecule has 0 amide bonds. The van der Waals surface area contributed by atoms with Gasteiger partial charge in [-0.1, -0.05) is 133 Å². The molecule has 0 bridgehead atoms. The maximum atomic E-state index is 5.49. The van der Waals surface area contributed by atoms with E-state index in [-0.39, 0.29) is 17.5 Å². The number of imidazole rings is 1. The summed E-state index contributed by atoms with van der Waals surface area (Å²) in [5.74, 6) is 0. The number of hydrogen-bond donors (Lipinski definition) is 0. The normalized spacial score (nSPS) is 13.4. The van der Waals surface area contributed by atoms with Gasteiger partial charge in [-0.2, -0.15) is 0 Å². The lowest BCUT2D eigenvalue weighted by Gasteiger charge is -2.37. The summed E-state index contributed by atoms with van der Waals surface area (Å²) in [6.07, 6.45) is 0. The number of fused-ring (bicyclic) bond motifs is 7. The van der Waals surface area contributed by atoms with Crippen LogP contribution in [0, 0.1) is 0 Å². The Morgan fingerprint density at radius 3 is 1.76 bits per heavy atom. The van der Waals surface area contributed by atoms with E-state index in [4.69, 9.17) is 4.98 Å². The average Bonchev–Trinajstić information content (AvgIpc) is 3.63. The molecule has 0 unspecified atom stereocenters. The molecule has 0 aliphatic carbocycles. The number of hydrogen-bond acceptors (Lipinski definition) is 2. The van der Waals surface area contributed by atoms with Gasteiger partial charge in [-0.05, 0) is 97.6 Å². The minimum atomic E-state index is -0.0418. The Balaban J connectivity index is 1.31. The number of aromatic nitrogens is 2. The van der Waals surface area contributed by atoms with Gasteiger partial charge in [0.05, 0.1) is 16.8 Å². The van der Waals surface area contributed by atoms with Gasteiger partial charge >= 0.3 is 0 Å². The Morgan fingerprint density at radius 1 is 0.510 bits per heavy atom. The van der Waals surface area contributed by atoms with E-state index in [1.165, 1.54) is 61.4 Å². The van der Waals surface area contributed by atoms with Crippen LogP contribution in [0.1, 0.15) is 52.7 Å². The lowest BCUT2D eigenvalue weighted by atomic mass is 9.38. The molecule has 238 valence electrons. The summed E-state index contributed by atoms with van der Waals surface area (Å²) in [6, 6.07) is 49.2. The molecule has 49 heavy (non-hydrogen) atoms. The maximum Gasteiger partial charge on any atom is 0.294 e. The van der Waals surface area contributed by atoms with E-state index < -0.39 is 0 Å². The molecule has 9 rings (SSSR count). The molecular formula is C45H40BN3. The van der Waals surface area contributed by atoms with Crippen LogP contribution in [0.3, 0.4) is 0 Å². The van der Waals surface area contributed by atoms with E-state index in [2.05, 4.69) is 184 Å². The molecular weight excluding hydrogens is 593 g/mol. The second-order valence-electron chi connectivity index (χ2n) is 15.8. The van der Waals surface area contributed by atoms with Gasteiger partial charge in [0.2, 0.25) is 0 Å². The van der Waals surface area contributed by atoms with E-state index in [0.29, 0.717) is 0 Å². The quantitative estimate of drug-likeness (QED) is 0.181. The van der Waals surface area contributed by atoms with Gasteiger partial charge in [0, 0.05) is 22.7 Å². The Hall–Kier alpha value is -5.35. The topological polar surface area (TPSA) is 21.1 Å². The van der Waals surface area contributed by atoms with E-state index in [9.17, 15) is 0 Å². The van der Waals surface area contributed by atoms with Crippen molar-refractivity contribution in [2.24, 2.45) is 0 Å². The molecule has 1 aromatic heterocycles.